The van der Waals surface area contributed by atoms with Gasteiger partial charge in [0.2, 0.25) is 0 Å². The molecule has 0 amide bonds. The molecule has 0 saturated carbocycles. The topological polar surface area (TPSA) is 41.3 Å². The van der Waals surface area contributed by atoms with E-state index in [1.807, 2.05) is 0 Å². The Morgan fingerprint density at radius 2 is 2.24 bits per heavy atom. The van der Waals surface area contributed by atoms with Gasteiger partial charge in [0, 0.05) is 31.7 Å². The summed E-state index contributed by atoms with van der Waals surface area (Å²) in [5, 5.41) is 3.69. The van der Waals surface area contributed by atoms with Crippen molar-refractivity contribution in [3.8, 4) is 0 Å². The minimum atomic E-state index is 0.664. The molecular formula is C14H31N3. The zero-order valence-electron chi connectivity index (χ0n) is 11.8. The van der Waals surface area contributed by atoms with Crippen LogP contribution in [0.5, 0.6) is 0 Å². The van der Waals surface area contributed by atoms with E-state index in [9.17, 15) is 0 Å². The van der Waals surface area contributed by atoms with Crippen LogP contribution in [0.3, 0.4) is 0 Å². The van der Waals surface area contributed by atoms with Crippen LogP contribution in [0.25, 0.3) is 0 Å². The molecule has 1 fully saturated rings. The van der Waals surface area contributed by atoms with Gasteiger partial charge in [-0.05, 0) is 32.7 Å². The lowest BCUT2D eigenvalue weighted by Crippen LogP contribution is -2.48. The number of nitrogens with one attached hydrogen (secondary N) is 1. The van der Waals surface area contributed by atoms with E-state index in [4.69, 9.17) is 5.73 Å². The van der Waals surface area contributed by atoms with Crippen LogP contribution in [0.4, 0.5) is 0 Å². The second-order valence-electron chi connectivity index (χ2n) is 5.43. The molecule has 102 valence electrons. The van der Waals surface area contributed by atoms with Gasteiger partial charge in [-0.2, -0.15) is 0 Å². The first kappa shape index (κ1) is 14.9. The van der Waals surface area contributed by atoms with Gasteiger partial charge in [0.05, 0.1) is 0 Å². The summed E-state index contributed by atoms with van der Waals surface area (Å²) in [5.74, 6) is 0. The lowest BCUT2D eigenvalue weighted by atomic mass is 10.0. The van der Waals surface area contributed by atoms with Crippen molar-refractivity contribution < 1.29 is 0 Å². The number of nitrogens with two attached hydrogens (primary N) is 1. The second kappa shape index (κ2) is 8.90. The fraction of sp³-hybridized carbons (Fsp3) is 1.00. The van der Waals surface area contributed by atoms with Gasteiger partial charge in [-0.1, -0.05) is 26.2 Å². The third-order valence-corrected chi connectivity index (χ3v) is 3.86. The molecule has 2 unspecified atom stereocenters. The predicted octanol–water partition coefficient (Wildman–Crippen LogP) is 1.97. The molecule has 1 heterocycles. The molecule has 0 radical (unpaired) electrons. The maximum absolute atomic E-state index is 5.68. The predicted molar refractivity (Wildman–Crippen MR) is 75.3 cm³/mol. The minimum absolute atomic E-state index is 0.664. The minimum Gasteiger partial charge on any atom is -0.329 e. The van der Waals surface area contributed by atoms with Gasteiger partial charge in [0.1, 0.15) is 0 Å². The Hall–Kier alpha value is -0.120. The maximum atomic E-state index is 5.68. The first-order valence-corrected chi connectivity index (χ1v) is 7.45. The van der Waals surface area contributed by atoms with Crippen molar-refractivity contribution in [3.05, 3.63) is 0 Å². The quantitative estimate of drug-likeness (QED) is 0.682. The van der Waals surface area contributed by atoms with Gasteiger partial charge in [-0.25, -0.2) is 0 Å². The van der Waals surface area contributed by atoms with Crippen molar-refractivity contribution in [3.63, 3.8) is 0 Å². The number of piperidine rings is 1. The highest BCUT2D eigenvalue weighted by atomic mass is 15.2. The average molecular weight is 241 g/mol. The number of likely N-dealkylation sites (tertiary alicyclic amines) is 1. The summed E-state index contributed by atoms with van der Waals surface area (Å²) >= 11 is 0. The molecule has 0 aliphatic carbocycles. The molecule has 0 bridgehead atoms. The summed E-state index contributed by atoms with van der Waals surface area (Å²) in [5.41, 5.74) is 5.68. The molecule has 3 heteroatoms. The van der Waals surface area contributed by atoms with E-state index in [1.165, 1.54) is 45.1 Å². The van der Waals surface area contributed by atoms with Crippen LogP contribution in [-0.2, 0) is 0 Å². The Kier molecular flexibility index (Phi) is 7.82. The van der Waals surface area contributed by atoms with E-state index in [1.54, 1.807) is 0 Å². The van der Waals surface area contributed by atoms with Crippen LogP contribution in [0.2, 0.25) is 0 Å². The van der Waals surface area contributed by atoms with Crippen LogP contribution in [-0.4, -0.2) is 43.2 Å². The van der Waals surface area contributed by atoms with E-state index < -0.39 is 0 Å². The van der Waals surface area contributed by atoms with Crippen LogP contribution in [0.15, 0.2) is 0 Å². The van der Waals surface area contributed by atoms with Crippen molar-refractivity contribution in [1.82, 2.24) is 10.2 Å². The summed E-state index contributed by atoms with van der Waals surface area (Å²) in [7, 11) is 0. The van der Waals surface area contributed by atoms with Crippen molar-refractivity contribution in [2.24, 2.45) is 5.73 Å². The summed E-state index contributed by atoms with van der Waals surface area (Å²) < 4.78 is 0. The van der Waals surface area contributed by atoms with Gasteiger partial charge < -0.3 is 11.1 Å². The lowest BCUT2D eigenvalue weighted by Gasteiger charge is -2.36. The highest BCUT2D eigenvalue weighted by Crippen LogP contribution is 2.16. The molecule has 1 aliphatic heterocycles. The first-order chi connectivity index (χ1) is 8.27. The van der Waals surface area contributed by atoms with E-state index in [2.05, 4.69) is 24.1 Å². The Balaban J connectivity index is 2.22. The standard InChI is InChI=1S/C14H31N3/c1-3-4-7-13(2)16-12-14-8-5-6-10-17(14)11-9-15/h13-14,16H,3-12,15H2,1-2H3. The monoisotopic (exact) mass is 241 g/mol. The van der Waals surface area contributed by atoms with E-state index in [0.29, 0.717) is 6.04 Å². The Morgan fingerprint density at radius 3 is 2.94 bits per heavy atom. The molecule has 0 spiro atoms. The second-order valence-corrected chi connectivity index (χ2v) is 5.43. The van der Waals surface area contributed by atoms with Gasteiger partial charge in [-0.15, -0.1) is 0 Å². The molecule has 3 N–H and O–H groups in total. The van der Waals surface area contributed by atoms with Gasteiger partial charge >= 0.3 is 0 Å². The number of rotatable bonds is 8. The molecule has 17 heavy (non-hydrogen) atoms. The normalized spacial score (nSPS) is 23.8. The van der Waals surface area contributed by atoms with Crippen molar-refractivity contribution in [1.29, 1.82) is 0 Å². The Labute approximate surface area is 107 Å². The zero-order chi connectivity index (χ0) is 12.5. The molecule has 1 aliphatic rings. The van der Waals surface area contributed by atoms with Gasteiger partial charge in [0.25, 0.3) is 0 Å². The smallest absolute Gasteiger partial charge is 0.0221 e. The Morgan fingerprint density at radius 1 is 1.41 bits per heavy atom. The summed E-state index contributed by atoms with van der Waals surface area (Å²) in [4.78, 5) is 2.57. The molecule has 0 aromatic rings. The van der Waals surface area contributed by atoms with E-state index in [-0.39, 0.29) is 0 Å². The zero-order valence-corrected chi connectivity index (χ0v) is 11.8. The van der Waals surface area contributed by atoms with Gasteiger partial charge in [-0.3, -0.25) is 4.90 Å². The number of hydrogen-bond acceptors (Lipinski definition) is 3. The number of nitrogens with zero attached hydrogens (tertiary/aromatic N) is 1. The first-order valence-electron chi connectivity index (χ1n) is 7.45. The summed E-state index contributed by atoms with van der Waals surface area (Å²) in [6, 6.07) is 1.38. The molecule has 0 aromatic carbocycles. The fourth-order valence-corrected chi connectivity index (χ4v) is 2.70. The fourth-order valence-electron chi connectivity index (χ4n) is 2.70. The average Bonchev–Trinajstić information content (AvgIpc) is 2.35. The van der Waals surface area contributed by atoms with Crippen molar-refractivity contribution in [2.75, 3.05) is 26.2 Å². The third kappa shape index (κ3) is 5.84. The molecule has 0 aromatic heterocycles. The molecular weight excluding hydrogens is 210 g/mol. The molecule has 1 saturated heterocycles. The molecule has 2 atom stereocenters. The van der Waals surface area contributed by atoms with Crippen LogP contribution >= 0.6 is 0 Å². The van der Waals surface area contributed by atoms with Crippen molar-refractivity contribution >= 4 is 0 Å². The maximum Gasteiger partial charge on any atom is 0.0221 e. The number of hydrogen-bond donors (Lipinski definition) is 2. The molecule has 1 rings (SSSR count). The largest absolute Gasteiger partial charge is 0.329 e. The summed E-state index contributed by atoms with van der Waals surface area (Å²) in [6.45, 7) is 8.82. The number of unbranched alkanes of at least 4 members (excludes halogenated alkanes) is 1. The van der Waals surface area contributed by atoms with Crippen LogP contribution < -0.4 is 11.1 Å². The summed E-state index contributed by atoms with van der Waals surface area (Å²) in [6.07, 6.45) is 8.02. The van der Waals surface area contributed by atoms with E-state index >= 15 is 0 Å². The van der Waals surface area contributed by atoms with Crippen molar-refractivity contribution in [2.45, 2.75) is 64.5 Å². The van der Waals surface area contributed by atoms with Crippen LogP contribution in [0.1, 0.15) is 52.4 Å². The lowest BCUT2D eigenvalue weighted by molar-refractivity contribution is 0.147. The van der Waals surface area contributed by atoms with Crippen LogP contribution in [0, 0.1) is 0 Å². The van der Waals surface area contributed by atoms with E-state index in [0.717, 1.165) is 25.7 Å². The Bertz CT molecular complexity index is 182. The highest BCUT2D eigenvalue weighted by molar-refractivity contribution is 4.80. The van der Waals surface area contributed by atoms with Gasteiger partial charge in [0.15, 0.2) is 0 Å². The third-order valence-electron chi connectivity index (χ3n) is 3.86. The highest BCUT2D eigenvalue weighted by Gasteiger charge is 2.21. The SMILES string of the molecule is CCCCC(C)NCC1CCCCN1CCN. The molecule has 3 nitrogen and oxygen atoms in total.